The van der Waals surface area contributed by atoms with Gasteiger partial charge in [-0.05, 0) is 25.5 Å². The fourth-order valence-electron chi connectivity index (χ4n) is 0.988. The Balaban J connectivity index is 2.98. The van der Waals surface area contributed by atoms with E-state index in [1.807, 2.05) is 31.2 Å². The van der Waals surface area contributed by atoms with Crippen molar-refractivity contribution in [2.75, 3.05) is 0 Å². The summed E-state index contributed by atoms with van der Waals surface area (Å²) in [7, 11) is -4.07. The van der Waals surface area contributed by atoms with Crippen LogP contribution in [-0.4, -0.2) is 9.79 Å². The smallest absolute Gasteiger partial charge is 0.321 e. The quantitative estimate of drug-likeness (QED) is 0.740. The van der Waals surface area contributed by atoms with Gasteiger partial charge in [0, 0.05) is 5.31 Å². The van der Waals surface area contributed by atoms with E-state index in [1.165, 1.54) is 13.0 Å². The van der Waals surface area contributed by atoms with Crippen LogP contribution in [-0.2, 0) is 4.57 Å². The van der Waals surface area contributed by atoms with E-state index in [0.717, 1.165) is 11.1 Å². The molecule has 1 aromatic rings. The Labute approximate surface area is 83.3 Å². The first-order chi connectivity index (χ1) is 6.39. The lowest BCUT2D eigenvalue weighted by Gasteiger charge is -2.03. The first-order valence-electron chi connectivity index (χ1n) is 4.20. The van der Waals surface area contributed by atoms with E-state index < -0.39 is 7.60 Å². The summed E-state index contributed by atoms with van der Waals surface area (Å²) in [5.41, 5.74) is 1.92. The molecule has 2 N–H and O–H groups in total. The molecule has 0 spiro atoms. The lowest BCUT2D eigenvalue weighted by Crippen LogP contribution is -1.81. The van der Waals surface area contributed by atoms with Crippen LogP contribution in [0.4, 0.5) is 0 Å². The fraction of sp³-hybridized carbons (Fsp3) is 0.200. The average Bonchev–Trinajstić information content (AvgIpc) is 2.07. The number of hydrogen-bond donors (Lipinski definition) is 2. The van der Waals surface area contributed by atoms with Crippen molar-refractivity contribution in [3.8, 4) is 0 Å². The molecule has 14 heavy (non-hydrogen) atoms. The van der Waals surface area contributed by atoms with Crippen molar-refractivity contribution in [3.05, 3.63) is 40.7 Å². The minimum atomic E-state index is -4.07. The van der Waals surface area contributed by atoms with Gasteiger partial charge in [0.1, 0.15) is 0 Å². The standard InChI is InChI=1S/C10H13O3P/c1-8-3-5-10(6-4-8)7-9(2)14(11,12)13/h3-7H,1-2H3,(H2,11,12,13)/b9-7+. The first-order valence-corrected chi connectivity index (χ1v) is 5.82. The molecule has 0 amide bonds. The van der Waals surface area contributed by atoms with Crippen LogP contribution in [0.15, 0.2) is 29.6 Å². The third-order valence-electron chi connectivity index (χ3n) is 1.91. The maximum absolute atomic E-state index is 10.8. The van der Waals surface area contributed by atoms with E-state index in [0.29, 0.717) is 0 Å². The highest BCUT2D eigenvalue weighted by molar-refractivity contribution is 7.56. The Hall–Kier alpha value is -0.890. The lowest BCUT2D eigenvalue weighted by molar-refractivity contribution is 0.382. The van der Waals surface area contributed by atoms with E-state index in [-0.39, 0.29) is 5.31 Å². The molecule has 0 heterocycles. The fourth-order valence-corrected chi connectivity index (χ4v) is 1.31. The molecular weight excluding hydrogens is 199 g/mol. The van der Waals surface area contributed by atoms with Crippen LogP contribution in [0.3, 0.4) is 0 Å². The molecular formula is C10H13O3P. The summed E-state index contributed by atoms with van der Waals surface area (Å²) in [6, 6.07) is 7.46. The van der Waals surface area contributed by atoms with Gasteiger partial charge in [0.25, 0.3) is 0 Å². The highest BCUT2D eigenvalue weighted by atomic mass is 31.2. The van der Waals surface area contributed by atoms with Crippen molar-refractivity contribution in [2.24, 2.45) is 0 Å². The summed E-state index contributed by atoms with van der Waals surface area (Å²) >= 11 is 0. The number of rotatable bonds is 2. The maximum Gasteiger partial charge on any atom is 0.351 e. The molecule has 0 atom stereocenters. The summed E-state index contributed by atoms with van der Waals surface area (Å²) in [6.45, 7) is 3.39. The summed E-state index contributed by atoms with van der Waals surface area (Å²) in [5.74, 6) is 0. The maximum atomic E-state index is 10.8. The number of allylic oxidation sites excluding steroid dienone is 1. The van der Waals surface area contributed by atoms with Crippen LogP contribution in [0.2, 0.25) is 0 Å². The topological polar surface area (TPSA) is 57.5 Å². The van der Waals surface area contributed by atoms with Gasteiger partial charge in [0.15, 0.2) is 0 Å². The molecule has 4 heteroatoms. The zero-order chi connectivity index (χ0) is 10.8. The second-order valence-corrected chi connectivity index (χ2v) is 5.03. The molecule has 0 radical (unpaired) electrons. The molecule has 0 aliphatic carbocycles. The zero-order valence-electron chi connectivity index (χ0n) is 8.14. The Morgan fingerprint density at radius 3 is 2.21 bits per heavy atom. The SMILES string of the molecule is C/C(=C\c1ccc(C)cc1)P(=O)(O)O. The first kappa shape index (κ1) is 11.2. The molecule has 0 aliphatic heterocycles. The molecule has 1 rings (SSSR count). The van der Waals surface area contributed by atoms with Gasteiger partial charge in [-0.3, -0.25) is 4.57 Å². The lowest BCUT2D eigenvalue weighted by atomic mass is 10.1. The third kappa shape index (κ3) is 3.11. The van der Waals surface area contributed by atoms with Gasteiger partial charge in [-0.2, -0.15) is 0 Å². The van der Waals surface area contributed by atoms with E-state index in [1.54, 1.807) is 0 Å². The van der Waals surface area contributed by atoms with Crippen molar-refractivity contribution >= 4 is 13.7 Å². The predicted molar refractivity (Wildman–Crippen MR) is 56.9 cm³/mol. The third-order valence-corrected chi connectivity index (χ3v) is 2.96. The summed E-state index contributed by atoms with van der Waals surface area (Å²) < 4.78 is 10.8. The van der Waals surface area contributed by atoms with Gasteiger partial charge in [-0.1, -0.05) is 29.8 Å². The number of hydrogen-bond acceptors (Lipinski definition) is 1. The molecule has 0 aromatic heterocycles. The van der Waals surface area contributed by atoms with Gasteiger partial charge in [-0.25, -0.2) is 0 Å². The highest BCUT2D eigenvalue weighted by Gasteiger charge is 2.15. The molecule has 3 nitrogen and oxygen atoms in total. The molecule has 0 aliphatic rings. The molecule has 0 unspecified atom stereocenters. The Kier molecular flexibility index (Phi) is 3.27. The van der Waals surface area contributed by atoms with Crippen LogP contribution in [0, 0.1) is 6.92 Å². The van der Waals surface area contributed by atoms with Crippen molar-refractivity contribution in [3.63, 3.8) is 0 Å². The molecule has 0 saturated carbocycles. The molecule has 76 valence electrons. The summed E-state index contributed by atoms with van der Waals surface area (Å²) in [5, 5.41) is 0.0846. The molecule has 0 saturated heterocycles. The largest absolute Gasteiger partial charge is 0.351 e. The van der Waals surface area contributed by atoms with Gasteiger partial charge in [0.05, 0.1) is 0 Å². The van der Waals surface area contributed by atoms with Gasteiger partial charge in [0.2, 0.25) is 0 Å². The van der Waals surface area contributed by atoms with Crippen LogP contribution in [0.25, 0.3) is 6.08 Å². The van der Waals surface area contributed by atoms with Crippen LogP contribution >= 0.6 is 7.60 Å². The van der Waals surface area contributed by atoms with Gasteiger partial charge < -0.3 is 9.79 Å². The molecule has 0 fully saturated rings. The van der Waals surface area contributed by atoms with Crippen molar-refractivity contribution in [1.29, 1.82) is 0 Å². The van der Waals surface area contributed by atoms with E-state index in [4.69, 9.17) is 9.79 Å². The second-order valence-electron chi connectivity index (χ2n) is 3.24. The van der Waals surface area contributed by atoms with Crippen LogP contribution in [0.5, 0.6) is 0 Å². The number of benzene rings is 1. The molecule has 0 bridgehead atoms. The van der Waals surface area contributed by atoms with E-state index in [9.17, 15) is 4.57 Å². The Morgan fingerprint density at radius 2 is 1.79 bits per heavy atom. The van der Waals surface area contributed by atoms with Gasteiger partial charge in [-0.15, -0.1) is 0 Å². The van der Waals surface area contributed by atoms with Crippen molar-refractivity contribution in [1.82, 2.24) is 0 Å². The number of aryl methyl sites for hydroxylation is 1. The monoisotopic (exact) mass is 212 g/mol. The summed E-state index contributed by atoms with van der Waals surface area (Å²) in [4.78, 5) is 17.7. The van der Waals surface area contributed by atoms with Crippen molar-refractivity contribution < 1.29 is 14.4 Å². The van der Waals surface area contributed by atoms with Crippen LogP contribution < -0.4 is 0 Å². The average molecular weight is 212 g/mol. The Morgan fingerprint density at radius 1 is 1.29 bits per heavy atom. The predicted octanol–water partition coefficient (Wildman–Crippen LogP) is 2.53. The Bertz CT molecular complexity index is 386. The normalized spacial score (nSPS) is 13.0. The zero-order valence-corrected chi connectivity index (χ0v) is 9.03. The van der Waals surface area contributed by atoms with E-state index in [2.05, 4.69) is 0 Å². The van der Waals surface area contributed by atoms with Crippen LogP contribution in [0.1, 0.15) is 18.1 Å². The van der Waals surface area contributed by atoms with E-state index >= 15 is 0 Å². The van der Waals surface area contributed by atoms with Gasteiger partial charge >= 0.3 is 7.60 Å². The second kappa shape index (κ2) is 4.09. The highest BCUT2D eigenvalue weighted by Crippen LogP contribution is 2.45. The molecule has 1 aromatic carbocycles. The summed E-state index contributed by atoms with van der Waals surface area (Å²) in [6.07, 6.45) is 1.50. The minimum Gasteiger partial charge on any atom is -0.321 e. The minimum absolute atomic E-state index is 0.0846. The van der Waals surface area contributed by atoms with Crippen molar-refractivity contribution in [2.45, 2.75) is 13.8 Å².